The minimum absolute atomic E-state index is 1.14. The van der Waals surface area contributed by atoms with Crippen molar-refractivity contribution < 1.29 is 0 Å². The van der Waals surface area contributed by atoms with Crippen molar-refractivity contribution in [3.63, 3.8) is 0 Å². The lowest BCUT2D eigenvalue weighted by Gasteiger charge is -2.25. The molecule has 0 atom stereocenters. The van der Waals surface area contributed by atoms with Gasteiger partial charge in [-0.2, -0.15) is 0 Å². The van der Waals surface area contributed by atoms with E-state index in [0.29, 0.717) is 0 Å². The molecule has 26 heavy (non-hydrogen) atoms. The molecular formula is C18H22Br4I2Si2. The Hall–Kier alpha value is 2.25. The predicted octanol–water partition coefficient (Wildman–Crippen LogP) is 8.72. The summed E-state index contributed by atoms with van der Waals surface area (Å²) in [5, 5.41) is 3.00. The Bertz CT molecular complexity index is 731. The van der Waals surface area contributed by atoms with E-state index in [1.165, 1.54) is 26.5 Å². The van der Waals surface area contributed by atoms with E-state index in [1.807, 2.05) is 0 Å². The van der Waals surface area contributed by atoms with Gasteiger partial charge in [-0.3, -0.25) is 0 Å². The zero-order valence-electron chi connectivity index (χ0n) is 15.6. The summed E-state index contributed by atoms with van der Waals surface area (Å²) in [5.74, 6) is 0. The van der Waals surface area contributed by atoms with Crippen LogP contribution in [-0.2, 0) is 0 Å². The van der Waals surface area contributed by atoms with Crippen molar-refractivity contribution in [1.82, 2.24) is 0 Å². The van der Waals surface area contributed by atoms with Crippen molar-refractivity contribution in [1.29, 1.82) is 0 Å². The molecule has 0 aliphatic rings. The molecule has 0 radical (unpaired) electrons. The van der Waals surface area contributed by atoms with Crippen molar-refractivity contribution >= 4 is 135 Å². The van der Waals surface area contributed by atoms with Crippen LogP contribution in [-0.4, -0.2) is 16.1 Å². The fourth-order valence-corrected chi connectivity index (χ4v) is 11.9. The van der Waals surface area contributed by atoms with Gasteiger partial charge in [0.1, 0.15) is 0 Å². The minimum Gasteiger partial charge on any atom is -0.0656 e. The molecule has 0 unspecified atom stereocenters. The van der Waals surface area contributed by atoms with Crippen LogP contribution in [0.4, 0.5) is 0 Å². The zero-order chi connectivity index (χ0) is 20.4. The van der Waals surface area contributed by atoms with Gasteiger partial charge in [-0.25, -0.2) is 0 Å². The maximum absolute atomic E-state index is 3.77. The molecule has 0 aromatic heterocycles. The summed E-state index contributed by atoms with van der Waals surface area (Å²) in [5.41, 5.74) is 0. The fourth-order valence-electron chi connectivity index (χ4n) is 2.21. The summed E-state index contributed by atoms with van der Waals surface area (Å²) >= 11 is 19.1. The molecule has 0 spiro atoms. The molecule has 0 nitrogen and oxygen atoms in total. The second kappa shape index (κ2) is 10.5. The molecule has 2 aromatic rings. The first-order valence-corrected chi connectivity index (χ1v) is 20.3. The van der Waals surface area contributed by atoms with Crippen molar-refractivity contribution in [2.24, 2.45) is 0 Å². The Kier molecular flexibility index (Phi) is 10.6. The molecule has 0 N–H and O–H groups in total. The summed E-state index contributed by atoms with van der Waals surface area (Å²) in [6.45, 7) is 14.3. The molecule has 8 heteroatoms. The molecule has 0 heterocycles. The number of benzene rings is 2. The van der Waals surface area contributed by atoms with Crippen LogP contribution in [0.3, 0.4) is 0 Å². The first-order valence-electron chi connectivity index (χ1n) is 7.96. The molecule has 2 aromatic carbocycles. The molecule has 0 bridgehead atoms. The van der Waals surface area contributed by atoms with Gasteiger partial charge >= 0.3 is 0 Å². The standard InChI is InChI=1S/C12H20Br2Si2.C6H2Br2I2/c1-15(2,3)9-7-8-10(16(4,5)6)12(14)11(9)13;7-5-3(9)1-2-4(10)6(5)8/h7-8H,1-6H3;1-2H. The molecule has 0 saturated carbocycles. The molecular weight excluding hydrogens is 846 g/mol. The van der Waals surface area contributed by atoms with Crippen LogP contribution in [0.25, 0.3) is 0 Å². The third-order valence-corrected chi connectivity index (χ3v) is 16.1. The molecule has 0 fully saturated rings. The Morgan fingerprint density at radius 2 is 0.808 bits per heavy atom. The van der Waals surface area contributed by atoms with Crippen molar-refractivity contribution in [3.8, 4) is 0 Å². The topological polar surface area (TPSA) is 0 Å². The Balaban J connectivity index is 0.000000289. The quantitative estimate of drug-likeness (QED) is 0.123. The third-order valence-electron chi connectivity index (χ3n) is 3.69. The molecule has 0 aliphatic carbocycles. The number of hydrogen-bond donors (Lipinski definition) is 0. The molecule has 0 saturated heterocycles. The maximum Gasteiger partial charge on any atom is 0.0791 e. The predicted molar refractivity (Wildman–Crippen MR) is 155 cm³/mol. The van der Waals surface area contributed by atoms with E-state index in [0.717, 1.165) is 8.95 Å². The summed E-state index contributed by atoms with van der Waals surface area (Å²) in [6, 6.07) is 8.82. The van der Waals surface area contributed by atoms with E-state index < -0.39 is 16.1 Å². The van der Waals surface area contributed by atoms with Crippen LogP contribution in [0.5, 0.6) is 0 Å². The Labute approximate surface area is 220 Å². The largest absolute Gasteiger partial charge is 0.0791 e. The third kappa shape index (κ3) is 7.19. The van der Waals surface area contributed by atoms with Crippen LogP contribution >= 0.6 is 109 Å². The van der Waals surface area contributed by atoms with Gasteiger partial charge in [-0.1, -0.05) is 51.4 Å². The van der Waals surface area contributed by atoms with Crippen LogP contribution in [0.15, 0.2) is 42.2 Å². The average Bonchev–Trinajstić information content (AvgIpc) is 2.50. The zero-order valence-corrected chi connectivity index (χ0v) is 28.2. The number of rotatable bonds is 2. The normalized spacial score (nSPS) is 11.8. The first-order chi connectivity index (χ1) is 11.7. The van der Waals surface area contributed by atoms with Crippen LogP contribution in [0, 0.1) is 7.14 Å². The highest BCUT2D eigenvalue weighted by Crippen LogP contribution is 2.31. The van der Waals surface area contributed by atoms with E-state index in [-0.39, 0.29) is 0 Å². The smallest absolute Gasteiger partial charge is 0.0656 e. The van der Waals surface area contributed by atoms with E-state index in [9.17, 15) is 0 Å². The fraction of sp³-hybridized carbons (Fsp3) is 0.333. The van der Waals surface area contributed by atoms with Gasteiger partial charge in [0.2, 0.25) is 0 Å². The van der Waals surface area contributed by atoms with Gasteiger partial charge in [-0.15, -0.1) is 0 Å². The molecule has 144 valence electrons. The van der Waals surface area contributed by atoms with E-state index >= 15 is 0 Å². The summed E-state index contributed by atoms with van der Waals surface area (Å²) < 4.78 is 7.30. The van der Waals surface area contributed by atoms with Gasteiger partial charge in [0.25, 0.3) is 0 Å². The maximum atomic E-state index is 3.77. The van der Waals surface area contributed by atoms with E-state index in [1.54, 1.807) is 0 Å². The SMILES string of the molecule is Brc1c(I)ccc(I)c1Br.C[Si](C)(C)c1ccc([Si](C)(C)C)c(Br)c1Br. The average molecular weight is 868 g/mol. The second-order valence-electron chi connectivity index (χ2n) is 7.95. The van der Waals surface area contributed by atoms with Gasteiger partial charge < -0.3 is 0 Å². The number of halogens is 6. The van der Waals surface area contributed by atoms with Crippen LogP contribution < -0.4 is 10.4 Å². The van der Waals surface area contributed by atoms with Crippen molar-refractivity contribution in [2.75, 3.05) is 0 Å². The monoisotopic (exact) mass is 864 g/mol. The highest BCUT2D eigenvalue weighted by molar-refractivity contribution is 14.1. The van der Waals surface area contributed by atoms with Gasteiger partial charge in [0, 0.05) is 25.0 Å². The van der Waals surface area contributed by atoms with Gasteiger partial charge in [-0.05, 0) is 131 Å². The van der Waals surface area contributed by atoms with E-state index in [4.69, 9.17) is 0 Å². The summed E-state index contributed by atoms with van der Waals surface area (Å²) in [6.07, 6.45) is 0. The van der Waals surface area contributed by atoms with E-state index in [2.05, 4.69) is 172 Å². The molecule has 2 rings (SSSR count). The van der Waals surface area contributed by atoms with Crippen LogP contribution in [0.2, 0.25) is 39.3 Å². The highest BCUT2D eigenvalue weighted by Gasteiger charge is 2.26. The second-order valence-corrected chi connectivity index (χ2v) is 23.5. The Morgan fingerprint density at radius 3 is 1.04 bits per heavy atom. The number of hydrogen-bond acceptors (Lipinski definition) is 0. The van der Waals surface area contributed by atoms with Gasteiger partial charge in [0.05, 0.1) is 16.1 Å². The lowest BCUT2D eigenvalue weighted by Crippen LogP contribution is -2.44. The van der Waals surface area contributed by atoms with Gasteiger partial charge in [0.15, 0.2) is 0 Å². The lowest BCUT2D eigenvalue weighted by atomic mass is 10.4. The first kappa shape index (κ1) is 26.3. The summed E-state index contributed by atoms with van der Waals surface area (Å²) in [7, 11) is -2.51. The molecule has 0 amide bonds. The highest BCUT2D eigenvalue weighted by atomic mass is 127. The lowest BCUT2D eigenvalue weighted by molar-refractivity contribution is 1.49. The van der Waals surface area contributed by atoms with Crippen molar-refractivity contribution in [2.45, 2.75) is 39.3 Å². The minimum atomic E-state index is -1.25. The molecule has 0 aliphatic heterocycles. The van der Waals surface area contributed by atoms with Crippen LogP contribution in [0.1, 0.15) is 0 Å². The Morgan fingerprint density at radius 1 is 0.538 bits per heavy atom. The summed E-state index contributed by atoms with van der Waals surface area (Å²) in [4.78, 5) is 0. The van der Waals surface area contributed by atoms with Crippen molar-refractivity contribution in [3.05, 3.63) is 49.3 Å².